The second kappa shape index (κ2) is 10.1. The van der Waals surface area contributed by atoms with Gasteiger partial charge < -0.3 is 32.5 Å². The number of hydrogen-bond acceptors (Lipinski definition) is 4. The maximum Gasteiger partial charge on any atom is 0.348 e. The lowest BCUT2D eigenvalue weighted by Gasteiger charge is -2.52. The maximum atomic E-state index is 13.4. The van der Waals surface area contributed by atoms with Crippen LogP contribution in [-0.2, 0) is 15.1 Å². The highest BCUT2D eigenvalue weighted by molar-refractivity contribution is 5.86. The third-order valence-electron chi connectivity index (χ3n) is 6.58. The van der Waals surface area contributed by atoms with Crippen molar-refractivity contribution in [2.75, 3.05) is 32.7 Å². The van der Waals surface area contributed by atoms with Crippen molar-refractivity contribution in [3.05, 3.63) is 71.8 Å². The summed E-state index contributed by atoms with van der Waals surface area (Å²) >= 11 is 0. The number of rotatable bonds is 6. The van der Waals surface area contributed by atoms with Crippen LogP contribution in [0.15, 0.2) is 60.7 Å². The first-order valence-electron chi connectivity index (χ1n) is 10.2. The first-order chi connectivity index (χ1) is 13.6. The van der Waals surface area contributed by atoms with Gasteiger partial charge in [0.2, 0.25) is 5.60 Å². The molecule has 2 aromatic rings. The van der Waals surface area contributed by atoms with Gasteiger partial charge in [-0.1, -0.05) is 60.7 Å². The number of carbonyl (C=O) groups excluding carboxylic acids is 1. The molecule has 0 amide bonds. The highest BCUT2D eigenvalue weighted by Gasteiger charge is 2.50. The van der Waals surface area contributed by atoms with Crippen LogP contribution in [0.4, 0.5) is 0 Å². The predicted molar refractivity (Wildman–Crippen MR) is 115 cm³/mol. The zero-order chi connectivity index (χ0) is 19.6. The standard InChI is InChI=1S/C23H29N2O3.2ClH/c24-13-16-25-14-11-18(12-15-25)21(17-25)28-22(26)23(27,19-7-3-1-4-8-19)20-9-5-2-6-10-20;;/h1-10,18,21,27H,11-17,24H2;2*1H/q+1;;/p-1/t18?,21-,25?;;/m0../s1. The summed E-state index contributed by atoms with van der Waals surface area (Å²) in [6.45, 7) is 4.58. The Kier molecular flexibility index (Phi) is 8.31. The average molecular weight is 453 g/mol. The molecule has 0 radical (unpaired) electrons. The summed E-state index contributed by atoms with van der Waals surface area (Å²) in [6.07, 6.45) is 1.93. The van der Waals surface area contributed by atoms with E-state index in [4.69, 9.17) is 10.5 Å². The number of aliphatic hydroxyl groups is 1. The Labute approximate surface area is 190 Å². The van der Waals surface area contributed by atoms with Gasteiger partial charge in [0.25, 0.3) is 0 Å². The van der Waals surface area contributed by atoms with Crippen molar-refractivity contribution >= 4 is 18.4 Å². The number of benzene rings is 2. The Balaban J connectivity index is 0.00000160. The van der Waals surface area contributed by atoms with E-state index in [1.54, 1.807) is 24.3 Å². The molecule has 0 aliphatic carbocycles. The van der Waals surface area contributed by atoms with Gasteiger partial charge in [0.1, 0.15) is 6.54 Å². The van der Waals surface area contributed by atoms with E-state index in [0.29, 0.717) is 23.6 Å². The number of halogens is 2. The molecule has 164 valence electrons. The monoisotopic (exact) mass is 452 g/mol. The van der Waals surface area contributed by atoms with Crippen LogP contribution in [0.1, 0.15) is 24.0 Å². The van der Waals surface area contributed by atoms with Gasteiger partial charge in [-0.15, -0.1) is 12.4 Å². The largest absolute Gasteiger partial charge is 1.00 e. The Hall–Kier alpha value is -1.63. The maximum absolute atomic E-state index is 13.4. The summed E-state index contributed by atoms with van der Waals surface area (Å²) in [6, 6.07) is 18.1. The molecule has 7 heteroatoms. The first kappa shape index (κ1) is 24.6. The number of piperidine rings is 3. The molecular weight excluding hydrogens is 423 g/mol. The van der Waals surface area contributed by atoms with E-state index in [0.717, 1.165) is 43.5 Å². The second-order valence-corrected chi connectivity index (χ2v) is 8.21. The molecule has 0 aromatic heterocycles. The Morgan fingerprint density at radius 1 is 1.03 bits per heavy atom. The van der Waals surface area contributed by atoms with Crippen molar-refractivity contribution in [1.82, 2.24) is 0 Å². The van der Waals surface area contributed by atoms with E-state index >= 15 is 0 Å². The molecule has 3 fully saturated rings. The van der Waals surface area contributed by atoms with Crippen LogP contribution in [0, 0.1) is 5.92 Å². The van der Waals surface area contributed by atoms with E-state index in [9.17, 15) is 9.90 Å². The van der Waals surface area contributed by atoms with Crippen molar-refractivity contribution in [3.63, 3.8) is 0 Å². The number of nitrogens with zero attached hydrogens (tertiary/aromatic N) is 1. The predicted octanol–water partition coefficient (Wildman–Crippen LogP) is -0.541. The molecule has 2 aromatic carbocycles. The molecule has 30 heavy (non-hydrogen) atoms. The van der Waals surface area contributed by atoms with Gasteiger partial charge in [0.15, 0.2) is 6.10 Å². The molecule has 0 saturated carbocycles. The Bertz CT molecular complexity index is 767. The third kappa shape index (κ3) is 4.51. The van der Waals surface area contributed by atoms with Gasteiger partial charge in [-0.3, -0.25) is 0 Å². The number of esters is 1. The quantitative estimate of drug-likeness (QED) is 0.456. The topological polar surface area (TPSA) is 72.5 Å². The minimum absolute atomic E-state index is 0. The highest BCUT2D eigenvalue weighted by atomic mass is 35.5. The minimum atomic E-state index is -1.81. The molecule has 2 bridgehead atoms. The molecule has 3 saturated heterocycles. The van der Waals surface area contributed by atoms with Gasteiger partial charge >= 0.3 is 5.97 Å². The van der Waals surface area contributed by atoms with E-state index in [2.05, 4.69) is 0 Å². The molecular formula is C23H30Cl2N2O3. The molecule has 0 unspecified atom stereocenters. The van der Waals surface area contributed by atoms with Gasteiger partial charge in [-0.05, 0) is 11.1 Å². The van der Waals surface area contributed by atoms with Crippen LogP contribution in [0.2, 0.25) is 0 Å². The van der Waals surface area contributed by atoms with Crippen LogP contribution >= 0.6 is 12.4 Å². The fourth-order valence-corrected chi connectivity index (χ4v) is 4.93. The van der Waals surface area contributed by atoms with E-state index in [1.165, 1.54) is 0 Å². The number of quaternary nitrogens is 1. The van der Waals surface area contributed by atoms with Crippen molar-refractivity contribution in [2.24, 2.45) is 11.7 Å². The van der Waals surface area contributed by atoms with Gasteiger partial charge in [0, 0.05) is 25.3 Å². The van der Waals surface area contributed by atoms with E-state index < -0.39 is 11.6 Å². The SMILES string of the molecule is Cl.NCC[N+]12CCC(CC1)[C@@H](OC(=O)C(O)(c1ccccc1)c1ccccc1)C2.[Cl-]. The van der Waals surface area contributed by atoms with Crippen LogP contribution < -0.4 is 18.1 Å². The smallest absolute Gasteiger partial charge is 0.348 e. The van der Waals surface area contributed by atoms with Crippen molar-refractivity contribution in [2.45, 2.75) is 24.5 Å². The van der Waals surface area contributed by atoms with Crippen molar-refractivity contribution in [3.8, 4) is 0 Å². The van der Waals surface area contributed by atoms with Gasteiger partial charge in [0.05, 0.1) is 19.6 Å². The van der Waals surface area contributed by atoms with Gasteiger partial charge in [-0.25, -0.2) is 4.79 Å². The van der Waals surface area contributed by atoms with Gasteiger partial charge in [-0.2, -0.15) is 0 Å². The second-order valence-electron chi connectivity index (χ2n) is 8.21. The summed E-state index contributed by atoms with van der Waals surface area (Å²) in [5.41, 5.74) is 5.08. The minimum Gasteiger partial charge on any atom is -1.00 e. The number of ether oxygens (including phenoxy) is 1. The fraction of sp³-hybridized carbons (Fsp3) is 0.435. The normalized spacial score (nSPS) is 25.0. The average Bonchev–Trinajstić information content (AvgIpc) is 2.75. The van der Waals surface area contributed by atoms with Crippen LogP contribution in [0.3, 0.4) is 0 Å². The zero-order valence-electron chi connectivity index (χ0n) is 17.0. The van der Waals surface area contributed by atoms with E-state index in [1.807, 2.05) is 36.4 Å². The molecule has 5 nitrogen and oxygen atoms in total. The molecule has 3 aliphatic heterocycles. The van der Waals surface area contributed by atoms with E-state index in [-0.39, 0.29) is 30.9 Å². The first-order valence-corrected chi connectivity index (χ1v) is 10.2. The lowest BCUT2D eigenvalue weighted by Crippen LogP contribution is -3.00. The molecule has 3 N–H and O–H groups in total. The summed E-state index contributed by atoms with van der Waals surface area (Å²) in [5.74, 6) is -0.216. The van der Waals surface area contributed by atoms with Crippen molar-refractivity contribution < 1.29 is 31.5 Å². The number of nitrogens with two attached hydrogens (primary N) is 1. The molecule has 1 atom stereocenters. The lowest BCUT2D eigenvalue weighted by atomic mass is 9.82. The summed E-state index contributed by atoms with van der Waals surface area (Å²) in [5, 5.41) is 11.6. The van der Waals surface area contributed by atoms with Crippen LogP contribution in [-0.4, -0.2) is 54.4 Å². The summed E-state index contributed by atoms with van der Waals surface area (Å²) in [7, 11) is 0. The zero-order valence-corrected chi connectivity index (χ0v) is 18.5. The molecule has 5 rings (SSSR count). The lowest BCUT2D eigenvalue weighted by molar-refractivity contribution is -0.944. The highest BCUT2D eigenvalue weighted by Crippen LogP contribution is 2.38. The fourth-order valence-electron chi connectivity index (χ4n) is 4.93. The molecule has 0 spiro atoms. The van der Waals surface area contributed by atoms with Crippen LogP contribution in [0.25, 0.3) is 0 Å². The summed E-state index contributed by atoms with van der Waals surface area (Å²) < 4.78 is 6.96. The number of hydrogen-bond donors (Lipinski definition) is 2. The van der Waals surface area contributed by atoms with Crippen molar-refractivity contribution in [1.29, 1.82) is 0 Å². The Morgan fingerprint density at radius 2 is 1.53 bits per heavy atom. The molecule has 3 aliphatic rings. The summed E-state index contributed by atoms with van der Waals surface area (Å²) in [4.78, 5) is 13.4. The molecule has 3 heterocycles. The van der Waals surface area contributed by atoms with Crippen LogP contribution in [0.5, 0.6) is 0 Å². The Morgan fingerprint density at radius 3 is 2.00 bits per heavy atom. The number of carbonyl (C=O) groups is 1. The number of fused-ring (bicyclic) bond motifs is 3. The third-order valence-corrected chi connectivity index (χ3v) is 6.58.